The van der Waals surface area contributed by atoms with Crippen LogP contribution in [0.15, 0.2) is 54.9 Å². The number of alkyl halides is 3. The van der Waals surface area contributed by atoms with Crippen LogP contribution in [0.2, 0.25) is 5.02 Å². The predicted molar refractivity (Wildman–Crippen MR) is 94.7 cm³/mol. The number of anilines is 1. The highest BCUT2D eigenvalue weighted by Gasteiger charge is 2.32. The molecular formula is C18H13ClF3N3O2. The average Bonchev–Trinajstić information content (AvgIpc) is 3.02. The van der Waals surface area contributed by atoms with Gasteiger partial charge in [-0.15, -0.1) is 13.2 Å². The summed E-state index contributed by atoms with van der Waals surface area (Å²) in [6.07, 6.45) is -1.54. The molecule has 140 valence electrons. The van der Waals surface area contributed by atoms with E-state index in [1.54, 1.807) is 30.2 Å². The lowest BCUT2D eigenvalue weighted by Gasteiger charge is -2.14. The molecule has 2 aromatic carbocycles. The highest BCUT2D eigenvalue weighted by atomic mass is 35.5. The fourth-order valence-electron chi connectivity index (χ4n) is 2.43. The zero-order valence-electron chi connectivity index (χ0n) is 13.9. The number of ether oxygens (including phenoxy) is 1. The molecule has 0 radical (unpaired) electrons. The maximum Gasteiger partial charge on any atom is 0.573 e. The number of amides is 1. The highest BCUT2D eigenvalue weighted by Crippen LogP contribution is 2.32. The lowest BCUT2D eigenvalue weighted by molar-refractivity contribution is -0.274. The molecule has 1 N–H and O–H groups in total. The van der Waals surface area contributed by atoms with Gasteiger partial charge >= 0.3 is 6.36 Å². The van der Waals surface area contributed by atoms with E-state index in [-0.39, 0.29) is 11.3 Å². The summed E-state index contributed by atoms with van der Waals surface area (Å²) in [5.74, 6) is -1.10. The number of carbonyl (C=O) groups excluding carboxylic acids is 1. The number of benzene rings is 2. The molecule has 0 saturated carbocycles. The van der Waals surface area contributed by atoms with Gasteiger partial charge in [-0.2, -0.15) is 5.10 Å². The summed E-state index contributed by atoms with van der Waals surface area (Å²) in [5.41, 5.74) is 1.41. The minimum absolute atomic E-state index is 0.0993. The summed E-state index contributed by atoms with van der Waals surface area (Å²) in [7, 11) is 1.74. The van der Waals surface area contributed by atoms with Crippen molar-refractivity contribution in [3.63, 3.8) is 0 Å². The third kappa shape index (κ3) is 4.59. The molecule has 0 bridgehead atoms. The molecular weight excluding hydrogens is 383 g/mol. The molecule has 27 heavy (non-hydrogen) atoms. The molecule has 0 aliphatic heterocycles. The topological polar surface area (TPSA) is 56.2 Å². The molecule has 1 amide bonds. The van der Waals surface area contributed by atoms with Gasteiger partial charge in [-0.3, -0.25) is 9.48 Å². The Bertz CT molecular complexity index is 986. The van der Waals surface area contributed by atoms with Crippen LogP contribution in [0, 0.1) is 0 Å². The second kappa shape index (κ2) is 7.32. The van der Waals surface area contributed by atoms with Crippen molar-refractivity contribution in [1.29, 1.82) is 0 Å². The zero-order chi connectivity index (χ0) is 19.6. The Balaban J connectivity index is 1.88. The van der Waals surface area contributed by atoms with Crippen molar-refractivity contribution in [3.8, 4) is 16.9 Å². The third-order valence-corrected chi connectivity index (χ3v) is 3.93. The normalized spacial score (nSPS) is 11.3. The number of nitrogens with one attached hydrogen (secondary N) is 1. The van der Waals surface area contributed by atoms with Crippen molar-refractivity contribution in [2.24, 2.45) is 7.05 Å². The fraction of sp³-hybridized carbons (Fsp3) is 0.111. The van der Waals surface area contributed by atoms with E-state index in [4.69, 9.17) is 11.6 Å². The number of halogens is 4. The van der Waals surface area contributed by atoms with Crippen LogP contribution in [0.4, 0.5) is 18.9 Å². The molecule has 1 aromatic heterocycles. The summed E-state index contributed by atoms with van der Waals surface area (Å²) in [5, 5.41) is 6.90. The summed E-state index contributed by atoms with van der Waals surface area (Å²) in [6, 6.07) is 9.86. The molecule has 0 fully saturated rings. The molecule has 3 aromatic rings. The zero-order valence-corrected chi connectivity index (χ0v) is 14.7. The van der Waals surface area contributed by atoms with Gasteiger partial charge in [-0.1, -0.05) is 23.7 Å². The summed E-state index contributed by atoms with van der Waals surface area (Å²) in [6.45, 7) is 0. The second-order valence-electron chi connectivity index (χ2n) is 5.60. The van der Waals surface area contributed by atoms with Crippen molar-refractivity contribution in [2.45, 2.75) is 6.36 Å². The fourth-order valence-corrected chi connectivity index (χ4v) is 2.65. The van der Waals surface area contributed by atoms with E-state index in [1.807, 2.05) is 0 Å². The Hall–Kier alpha value is -3.00. The minimum atomic E-state index is -4.87. The van der Waals surface area contributed by atoms with Crippen LogP contribution in [0.1, 0.15) is 10.4 Å². The third-order valence-electron chi connectivity index (χ3n) is 3.61. The molecule has 1 heterocycles. The molecule has 0 unspecified atom stereocenters. The first kappa shape index (κ1) is 18.8. The van der Waals surface area contributed by atoms with Crippen molar-refractivity contribution >= 4 is 23.2 Å². The quantitative estimate of drug-likeness (QED) is 0.684. The van der Waals surface area contributed by atoms with E-state index < -0.39 is 18.0 Å². The van der Waals surface area contributed by atoms with Gasteiger partial charge in [0, 0.05) is 35.0 Å². The van der Waals surface area contributed by atoms with Crippen LogP contribution in [0.25, 0.3) is 11.1 Å². The summed E-state index contributed by atoms with van der Waals surface area (Å²) in [4.78, 5) is 12.5. The van der Waals surface area contributed by atoms with Crippen molar-refractivity contribution < 1.29 is 22.7 Å². The van der Waals surface area contributed by atoms with Crippen LogP contribution >= 0.6 is 11.6 Å². The van der Waals surface area contributed by atoms with Gasteiger partial charge in [-0.05, 0) is 30.3 Å². The Morgan fingerprint density at radius 2 is 1.96 bits per heavy atom. The van der Waals surface area contributed by atoms with Crippen molar-refractivity contribution in [1.82, 2.24) is 9.78 Å². The number of hydrogen-bond acceptors (Lipinski definition) is 3. The van der Waals surface area contributed by atoms with E-state index in [9.17, 15) is 18.0 Å². The monoisotopic (exact) mass is 395 g/mol. The molecule has 0 aliphatic carbocycles. The largest absolute Gasteiger partial charge is 0.573 e. The SMILES string of the molecule is Cn1cc(-c2cc(C(=O)Nc3ccccc3OC(F)(F)F)ccc2Cl)cn1. The summed E-state index contributed by atoms with van der Waals surface area (Å²) < 4.78 is 43.1. The molecule has 3 rings (SSSR count). The van der Waals surface area contributed by atoms with Gasteiger partial charge in [0.1, 0.15) is 0 Å². The average molecular weight is 396 g/mol. The number of carbonyl (C=O) groups is 1. The Morgan fingerprint density at radius 3 is 2.63 bits per heavy atom. The molecule has 0 atom stereocenters. The van der Waals surface area contributed by atoms with Crippen LogP contribution in [0.5, 0.6) is 5.75 Å². The van der Waals surface area contributed by atoms with Crippen LogP contribution in [0.3, 0.4) is 0 Å². The van der Waals surface area contributed by atoms with E-state index in [0.29, 0.717) is 16.1 Å². The van der Waals surface area contributed by atoms with Crippen LogP contribution in [-0.2, 0) is 7.05 Å². The maximum absolute atomic E-state index is 12.5. The molecule has 0 saturated heterocycles. The van der Waals surface area contributed by atoms with Gasteiger partial charge in [0.05, 0.1) is 11.9 Å². The number of aromatic nitrogens is 2. The standard InChI is InChI=1S/C18H13ClF3N3O2/c1-25-10-12(9-23-25)13-8-11(6-7-14(13)19)17(26)24-15-4-2-3-5-16(15)27-18(20,21)22/h2-10H,1H3,(H,24,26). The van der Waals surface area contributed by atoms with E-state index in [0.717, 1.165) is 6.07 Å². The number of rotatable bonds is 4. The smallest absolute Gasteiger partial charge is 0.404 e. The first-order valence-electron chi connectivity index (χ1n) is 7.67. The number of para-hydroxylation sites is 2. The van der Waals surface area contributed by atoms with Gasteiger partial charge in [0.25, 0.3) is 5.91 Å². The van der Waals surface area contributed by atoms with Crippen molar-refractivity contribution in [3.05, 3.63) is 65.4 Å². The van der Waals surface area contributed by atoms with Gasteiger partial charge < -0.3 is 10.1 Å². The Morgan fingerprint density at radius 1 is 1.22 bits per heavy atom. The molecule has 9 heteroatoms. The Labute approximate surface area is 157 Å². The minimum Gasteiger partial charge on any atom is -0.404 e. The lowest BCUT2D eigenvalue weighted by atomic mass is 10.1. The van der Waals surface area contributed by atoms with E-state index >= 15 is 0 Å². The van der Waals surface area contributed by atoms with E-state index in [1.165, 1.54) is 30.3 Å². The van der Waals surface area contributed by atoms with Gasteiger partial charge in [0.15, 0.2) is 5.75 Å². The molecule has 0 spiro atoms. The van der Waals surface area contributed by atoms with Gasteiger partial charge in [-0.25, -0.2) is 0 Å². The number of nitrogens with zero attached hydrogens (tertiary/aromatic N) is 2. The lowest BCUT2D eigenvalue weighted by Crippen LogP contribution is -2.19. The second-order valence-corrected chi connectivity index (χ2v) is 6.00. The Kier molecular flexibility index (Phi) is 5.09. The van der Waals surface area contributed by atoms with E-state index in [2.05, 4.69) is 15.2 Å². The first-order valence-corrected chi connectivity index (χ1v) is 8.05. The van der Waals surface area contributed by atoms with Crippen LogP contribution in [-0.4, -0.2) is 22.1 Å². The van der Waals surface area contributed by atoms with Gasteiger partial charge in [0.2, 0.25) is 0 Å². The number of hydrogen-bond donors (Lipinski definition) is 1. The predicted octanol–water partition coefficient (Wildman–Crippen LogP) is 4.89. The first-order chi connectivity index (χ1) is 12.7. The van der Waals surface area contributed by atoms with Crippen molar-refractivity contribution in [2.75, 3.05) is 5.32 Å². The maximum atomic E-state index is 12.5. The number of aryl methyl sites for hydroxylation is 1. The highest BCUT2D eigenvalue weighted by molar-refractivity contribution is 6.33. The molecule has 0 aliphatic rings. The molecule has 5 nitrogen and oxygen atoms in total. The summed E-state index contributed by atoms with van der Waals surface area (Å²) >= 11 is 6.19. The van der Waals surface area contributed by atoms with Crippen LogP contribution < -0.4 is 10.1 Å².